The molecular weight excluding hydrogens is 252 g/mol. The van der Waals surface area contributed by atoms with Gasteiger partial charge in [0.15, 0.2) is 0 Å². The number of halogens is 1. The molecule has 1 aromatic carbocycles. The van der Waals surface area contributed by atoms with Gasteiger partial charge in [0.2, 0.25) is 0 Å². The summed E-state index contributed by atoms with van der Waals surface area (Å²) in [5.41, 5.74) is 2.58. The molecular formula is C13H17BrO. The zero-order valence-corrected chi connectivity index (χ0v) is 10.5. The lowest BCUT2D eigenvalue weighted by molar-refractivity contribution is 0.119. The lowest BCUT2D eigenvalue weighted by Crippen LogP contribution is -1.98. The molecule has 0 saturated carbocycles. The zero-order valence-electron chi connectivity index (χ0n) is 8.92. The first-order valence-electron chi connectivity index (χ1n) is 5.20. The Labute approximate surface area is 100 Å². The lowest BCUT2D eigenvalue weighted by Gasteiger charge is -2.07. The van der Waals surface area contributed by atoms with Crippen LogP contribution < -0.4 is 0 Å². The Morgan fingerprint density at radius 3 is 2.67 bits per heavy atom. The van der Waals surface area contributed by atoms with E-state index in [1.807, 2.05) is 6.08 Å². The summed E-state index contributed by atoms with van der Waals surface area (Å²) in [5.74, 6) is 0. The molecule has 0 atom stereocenters. The Morgan fingerprint density at radius 2 is 2.00 bits per heavy atom. The van der Waals surface area contributed by atoms with E-state index < -0.39 is 0 Å². The summed E-state index contributed by atoms with van der Waals surface area (Å²) >= 11 is 3.47. The Morgan fingerprint density at radius 1 is 1.27 bits per heavy atom. The summed E-state index contributed by atoms with van der Waals surface area (Å²) < 4.78 is 5.60. The molecule has 0 saturated heterocycles. The van der Waals surface area contributed by atoms with Crippen LogP contribution in [0, 0.1) is 0 Å². The van der Waals surface area contributed by atoms with Crippen LogP contribution in [0.5, 0.6) is 0 Å². The standard InChI is InChI=1S/C13H17BrO/c1-2-3-6-9-15-11-13-8-5-4-7-12(13)10-14/h2,4-5,7-8H,1,3,6,9-11H2. The molecule has 0 aliphatic carbocycles. The molecule has 0 unspecified atom stereocenters. The Kier molecular flexibility index (Phi) is 6.37. The van der Waals surface area contributed by atoms with E-state index in [-0.39, 0.29) is 0 Å². The highest BCUT2D eigenvalue weighted by Crippen LogP contribution is 2.13. The number of rotatable bonds is 7. The number of alkyl halides is 1. The molecule has 0 amide bonds. The third kappa shape index (κ3) is 4.63. The van der Waals surface area contributed by atoms with Crippen molar-refractivity contribution in [1.29, 1.82) is 0 Å². The summed E-state index contributed by atoms with van der Waals surface area (Å²) in [6.45, 7) is 5.20. The smallest absolute Gasteiger partial charge is 0.0719 e. The molecule has 15 heavy (non-hydrogen) atoms. The maximum atomic E-state index is 5.60. The van der Waals surface area contributed by atoms with Crippen LogP contribution in [-0.2, 0) is 16.7 Å². The third-order valence-electron chi connectivity index (χ3n) is 2.22. The van der Waals surface area contributed by atoms with Crippen molar-refractivity contribution < 1.29 is 4.74 Å². The monoisotopic (exact) mass is 268 g/mol. The Bertz CT molecular complexity index is 296. The fourth-order valence-corrected chi connectivity index (χ4v) is 1.89. The maximum absolute atomic E-state index is 5.60. The van der Waals surface area contributed by atoms with E-state index in [1.165, 1.54) is 11.1 Å². The third-order valence-corrected chi connectivity index (χ3v) is 2.82. The summed E-state index contributed by atoms with van der Waals surface area (Å²) in [6.07, 6.45) is 4.01. The van der Waals surface area contributed by atoms with Gasteiger partial charge < -0.3 is 4.74 Å². The van der Waals surface area contributed by atoms with Gasteiger partial charge in [-0.1, -0.05) is 46.3 Å². The van der Waals surface area contributed by atoms with Crippen LogP contribution in [0.25, 0.3) is 0 Å². The average molecular weight is 269 g/mol. The molecule has 0 fully saturated rings. The Hall–Kier alpha value is -0.600. The summed E-state index contributed by atoms with van der Waals surface area (Å²) in [6, 6.07) is 8.34. The minimum atomic E-state index is 0.707. The van der Waals surface area contributed by atoms with E-state index in [0.29, 0.717) is 6.61 Å². The molecule has 1 nitrogen and oxygen atoms in total. The molecule has 0 bridgehead atoms. The van der Waals surface area contributed by atoms with Crippen molar-refractivity contribution in [3.8, 4) is 0 Å². The molecule has 0 radical (unpaired) electrons. The quantitative estimate of drug-likeness (QED) is 0.412. The highest BCUT2D eigenvalue weighted by atomic mass is 79.9. The van der Waals surface area contributed by atoms with Gasteiger partial charge in [-0.15, -0.1) is 6.58 Å². The van der Waals surface area contributed by atoms with Crippen LogP contribution in [0.15, 0.2) is 36.9 Å². The molecule has 2 heteroatoms. The summed E-state index contributed by atoms with van der Waals surface area (Å²) in [5, 5.41) is 0.888. The minimum Gasteiger partial charge on any atom is -0.377 e. The van der Waals surface area contributed by atoms with Crippen LogP contribution in [0.1, 0.15) is 24.0 Å². The topological polar surface area (TPSA) is 9.23 Å². The highest BCUT2D eigenvalue weighted by molar-refractivity contribution is 9.08. The SMILES string of the molecule is C=CCCCOCc1ccccc1CBr. The van der Waals surface area contributed by atoms with Gasteiger partial charge in [0.25, 0.3) is 0 Å². The van der Waals surface area contributed by atoms with Crippen LogP contribution in [0.3, 0.4) is 0 Å². The normalized spacial score (nSPS) is 10.2. The van der Waals surface area contributed by atoms with Gasteiger partial charge in [-0.05, 0) is 24.0 Å². The van der Waals surface area contributed by atoms with Crippen LogP contribution in [0.2, 0.25) is 0 Å². The second-order valence-electron chi connectivity index (χ2n) is 3.39. The van der Waals surface area contributed by atoms with Gasteiger partial charge in [0, 0.05) is 11.9 Å². The van der Waals surface area contributed by atoms with Crippen molar-refractivity contribution in [3.05, 3.63) is 48.0 Å². The van der Waals surface area contributed by atoms with E-state index in [2.05, 4.69) is 46.8 Å². The summed E-state index contributed by atoms with van der Waals surface area (Å²) in [4.78, 5) is 0. The van der Waals surface area contributed by atoms with Crippen LogP contribution in [-0.4, -0.2) is 6.61 Å². The predicted molar refractivity (Wildman–Crippen MR) is 68.2 cm³/mol. The van der Waals surface area contributed by atoms with Crippen molar-refractivity contribution in [2.45, 2.75) is 24.8 Å². The molecule has 0 aromatic heterocycles. The molecule has 0 aliphatic heterocycles. The van der Waals surface area contributed by atoms with Crippen molar-refractivity contribution in [3.63, 3.8) is 0 Å². The number of allylic oxidation sites excluding steroid dienone is 1. The van der Waals surface area contributed by atoms with Gasteiger partial charge in [-0.3, -0.25) is 0 Å². The first kappa shape index (κ1) is 12.5. The van der Waals surface area contributed by atoms with Gasteiger partial charge in [-0.25, -0.2) is 0 Å². The second kappa shape index (κ2) is 7.66. The van der Waals surface area contributed by atoms with Crippen LogP contribution >= 0.6 is 15.9 Å². The van der Waals surface area contributed by atoms with Gasteiger partial charge in [0.1, 0.15) is 0 Å². The van der Waals surface area contributed by atoms with Crippen molar-refractivity contribution in [2.24, 2.45) is 0 Å². The van der Waals surface area contributed by atoms with Gasteiger partial charge in [0.05, 0.1) is 6.61 Å². The van der Waals surface area contributed by atoms with Gasteiger partial charge >= 0.3 is 0 Å². The van der Waals surface area contributed by atoms with Crippen molar-refractivity contribution in [2.75, 3.05) is 6.61 Å². The molecule has 1 aromatic rings. The molecule has 0 spiro atoms. The molecule has 0 aliphatic rings. The molecule has 1 rings (SSSR count). The van der Waals surface area contributed by atoms with Crippen molar-refractivity contribution >= 4 is 15.9 Å². The first-order valence-corrected chi connectivity index (χ1v) is 6.32. The first-order chi connectivity index (χ1) is 7.38. The fraction of sp³-hybridized carbons (Fsp3) is 0.385. The average Bonchev–Trinajstić information content (AvgIpc) is 2.29. The molecule has 0 heterocycles. The van der Waals surface area contributed by atoms with Crippen LogP contribution in [0.4, 0.5) is 0 Å². The second-order valence-corrected chi connectivity index (χ2v) is 3.95. The van der Waals surface area contributed by atoms with E-state index >= 15 is 0 Å². The number of hydrogen-bond donors (Lipinski definition) is 0. The van der Waals surface area contributed by atoms with Gasteiger partial charge in [-0.2, -0.15) is 0 Å². The lowest BCUT2D eigenvalue weighted by atomic mass is 10.1. The largest absolute Gasteiger partial charge is 0.377 e. The maximum Gasteiger partial charge on any atom is 0.0719 e. The van der Waals surface area contributed by atoms with E-state index in [0.717, 1.165) is 24.8 Å². The number of hydrogen-bond acceptors (Lipinski definition) is 1. The Balaban J connectivity index is 2.33. The van der Waals surface area contributed by atoms with Crippen molar-refractivity contribution in [1.82, 2.24) is 0 Å². The fourth-order valence-electron chi connectivity index (χ4n) is 1.34. The number of benzene rings is 1. The van der Waals surface area contributed by atoms with E-state index in [4.69, 9.17) is 4.74 Å². The van der Waals surface area contributed by atoms with E-state index in [9.17, 15) is 0 Å². The zero-order chi connectivity index (χ0) is 10.9. The predicted octanol–water partition coefficient (Wildman–Crippen LogP) is 4.06. The molecule has 0 N–H and O–H groups in total. The number of unbranched alkanes of at least 4 members (excludes halogenated alkanes) is 1. The highest BCUT2D eigenvalue weighted by Gasteiger charge is 1.99. The summed E-state index contributed by atoms with van der Waals surface area (Å²) in [7, 11) is 0. The minimum absolute atomic E-state index is 0.707. The molecule has 82 valence electrons. The number of ether oxygens (including phenoxy) is 1. The van der Waals surface area contributed by atoms with E-state index in [1.54, 1.807) is 0 Å².